The van der Waals surface area contributed by atoms with Crippen LogP contribution in [0.5, 0.6) is 5.75 Å². The van der Waals surface area contributed by atoms with Gasteiger partial charge in [-0.05, 0) is 17.7 Å². The quantitative estimate of drug-likeness (QED) is 0.419. The number of aliphatic carboxylic acids is 1. The second-order valence-corrected chi connectivity index (χ2v) is 7.05. The van der Waals surface area contributed by atoms with Crippen molar-refractivity contribution in [3.63, 3.8) is 0 Å². The van der Waals surface area contributed by atoms with E-state index in [4.69, 9.17) is 0 Å². The maximum atomic E-state index is 15.3. The van der Waals surface area contributed by atoms with Gasteiger partial charge in [0.05, 0.1) is 18.0 Å². The molecule has 172 valence electrons. The first-order valence-electron chi connectivity index (χ1n) is 9.50. The third-order valence-electron chi connectivity index (χ3n) is 4.79. The highest BCUT2D eigenvalue weighted by molar-refractivity contribution is 5.91. The number of amides is 2. The van der Waals surface area contributed by atoms with Crippen LogP contribution in [-0.4, -0.2) is 26.8 Å². The second kappa shape index (κ2) is 9.47. The summed E-state index contributed by atoms with van der Waals surface area (Å²) < 4.78 is 45.3. The molecule has 1 heterocycles. The summed E-state index contributed by atoms with van der Waals surface area (Å²) in [7, 11) is 1.35. The lowest BCUT2D eigenvalue weighted by Crippen LogP contribution is -2.36. The van der Waals surface area contributed by atoms with Crippen molar-refractivity contribution < 1.29 is 33.0 Å². The van der Waals surface area contributed by atoms with Gasteiger partial charge in [0.2, 0.25) is 0 Å². The molecule has 0 fully saturated rings. The molecule has 0 saturated carbocycles. The first-order valence-corrected chi connectivity index (χ1v) is 9.50. The van der Waals surface area contributed by atoms with Gasteiger partial charge in [-0.2, -0.15) is 0 Å². The molecule has 33 heavy (non-hydrogen) atoms. The second-order valence-electron chi connectivity index (χ2n) is 7.05. The van der Waals surface area contributed by atoms with Crippen molar-refractivity contribution in [3.05, 3.63) is 82.0 Å². The number of hydrogen-bond donors (Lipinski definition) is 4. The van der Waals surface area contributed by atoms with E-state index in [0.717, 1.165) is 10.6 Å². The van der Waals surface area contributed by atoms with Crippen LogP contribution in [0.25, 0.3) is 11.1 Å². The fourth-order valence-corrected chi connectivity index (χ4v) is 3.20. The summed E-state index contributed by atoms with van der Waals surface area (Å²) in [4.78, 5) is 35.9. The third-order valence-corrected chi connectivity index (χ3v) is 4.79. The van der Waals surface area contributed by atoms with Crippen molar-refractivity contribution in [3.8, 4) is 16.9 Å². The molecule has 0 radical (unpaired) electrons. The summed E-state index contributed by atoms with van der Waals surface area (Å²) in [5.74, 6) is -6.50. The summed E-state index contributed by atoms with van der Waals surface area (Å²) in [5.41, 5.74) is -2.48. The van der Waals surface area contributed by atoms with E-state index in [1.807, 2.05) is 10.6 Å². The van der Waals surface area contributed by atoms with Crippen LogP contribution in [0.4, 0.5) is 23.7 Å². The zero-order chi connectivity index (χ0) is 24.3. The fraction of sp³-hybridized carbons (Fsp3) is 0.136. The molecule has 1 atom stereocenters. The number of aromatic nitrogens is 1. The van der Waals surface area contributed by atoms with E-state index in [1.165, 1.54) is 25.4 Å². The summed E-state index contributed by atoms with van der Waals surface area (Å²) in [6.45, 7) is 0. The van der Waals surface area contributed by atoms with E-state index in [0.29, 0.717) is 6.07 Å². The number of hydrogen-bond acceptors (Lipinski definition) is 4. The van der Waals surface area contributed by atoms with Crippen LogP contribution in [0.1, 0.15) is 18.0 Å². The normalized spacial score (nSPS) is 11.6. The Morgan fingerprint density at radius 1 is 1.09 bits per heavy atom. The third kappa shape index (κ3) is 4.97. The molecule has 1 unspecified atom stereocenters. The van der Waals surface area contributed by atoms with Crippen LogP contribution in [0.2, 0.25) is 0 Å². The number of urea groups is 1. The number of nitrogens with one attached hydrogen (secondary N) is 2. The monoisotopic (exact) mass is 461 g/mol. The molecule has 2 aromatic carbocycles. The number of carboxylic acid groups (broad SMARTS) is 1. The SMILES string of the molecule is Cn1ccc(O)c(NC(=O)NC(CC(=O)O)c2c(F)c(F)cc(-c3ccccc3)c2F)c1=O. The van der Waals surface area contributed by atoms with Gasteiger partial charge < -0.3 is 25.4 Å². The number of nitrogens with zero attached hydrogens (tertiary/aromatic N) is 1. The van der Waals surface area contributed by atoms with Crippen LogP contribution < -0.4 is 16.2 Å². The average molecular weight is 461 g/mol. The van der Waals surface area contributed by atoms with Crippen molar-refractivity contribution in [1.82, 2.24) is 9.88 Å². The van der Waals surface area contributed by atoms with Gasteiger partial charge in [0.1, 0.15) is 11.6 Å². The zero-order valence-electron chi connectivity index (χ0n) is 17.1. The van der Waals surface area contributed by atoms with Gasteiger partial charge in [-0.3, -0.25) is 9.59 Å². The smallest absolute Gasteiger partial charge is 0.319 e. The van der Waals surface area contributed by atoms with Crippen LogP contribution >= 0.6 is 0 Å². The number of benzene rings is 2. The summed E-state index contributed by atoms with van der Waals surface area (Å²) in [5, 5.41) is 23.1. The van der Waals surface area contributed by atoms with Gasteiger partial charge in [0, 0.05) is 18.8 Å². The number of carbonyl (C=O) groups is 2. The Kier molecular flexibility index (Phi) is 6.71. The zero-order valence-corrected chi connectivity index (χ0v) is 17.1. The molecule has 3 aromatic rings. The molecule has 0 aliphatic rings. The van der Waals surface area contributed by atoms with Crippen molar-refractivity contribution in [2.75, 3.05) is 5.32 Å². The molecule has 0 bridgehead atoms. The molecule has 0 spiro atoms. The molecule has 11 heteroatoms. The largest absolute Gasteiger partial charge is 0.505 e. The Morgan fingerprint density at radius 3 is 2.39 bits per heavy atom. The van der Waals surface area contributed by atoms with Crippen molar-refractivity contribution in [2.45, 2.75) is 12.5 Å². The number of anilines is 1. The van der Waals surface area contributed by atoms with Gasteiger partial charge in [0.25, 0.3) is 5.56 Å². The number of carbonyl (C=O) groups excluding carboxylic acids is 1. The fourth-order valence-electron chi connectivity index (χ4n) is 3.20. The number of carboxylic acids is 1. The number of pyridine rings is 1. The average Bonchev–Trinajstić information content (AvgIpc) is 2.76. The number of rotatable bonds is 6. The van der Waals surface area contributed by atoms with Gasteiger partial charge >= 0.3 is 12.0 Å². The number of aromatic hydroxyl groups is 1. The Balaban J connectivity index is 2.03. The van der Waals surface area contributed by atoms with Crippen LogP contribution in [0.3, 0.4) is 0 Å². The molecular formula is C22H18F3N3O5. The van der Waals surface area contributed by atoms with Crippen molar-refractivity contribution >= 4 is 17.7 Å². The van der Waals surface area contributed by atoms with E-state index in [2.05, 4.69) is 0 Å². The van der Waals surface area contributed by atoms with Crippen LogP contribution in [0.15, 0.2) is 53.5 Å². The topological polar surface area (TPSA) is 121 Å². The number of halogens is 3. The molecule has 0 aliphatic carbocycles. The maximum Gasteiger partial charge on any atom is 0.319 e. The summed E-state index contributed by atoms with van der Waals surface area (Å²) in [6.07, 6.45) is 0.230. The minimum atomic E-state index is -1.85. The number of aryl methyl sites for hydroxylation is 1. The minimum Gasteiger partial charge on any atom is -0.505 e. The molecule has 2 amide bonds. The van der Waals surface area contributed by atoms with E-state index in [1.54, 1.807) is 18.2 Å². The summed E-state index contributed by atoms with van der Waals surface area (Å²) in [6, 6.07) is 6.26. The lowest BCUT2D eigenvalue weighted by atomic mass is 9.95. The Hall–Kier alpha value is -4.28. The van der Waals surface area contributed by atoms with Gasteiger partial charge in [-0.25, -0.2) is 18.0 Å². The highest BCUT2D eigenvalue weighted by Crippen LogP contribution is 2.33. The maximum absolute atomic E-state index is 15.3. The van der Waals surface area contributed by atoms with Gasteiger partial charge in [0.15, 0.2) is 17.3 Å². The van der Waals surface area contributed by atoms with Gasteiger partial charge in [-0.1, -0.05) is 30.3 Å². The minimum absolute atomic E-state index is 0.200. The Morgan fingerprint density at radius 2 is 1.76 bits per heavy atom. The Labute approximate surface area is 184 Å². The highest BCUT2D eigenvalue weighted by Gasteiger charge is 2.29. The molecule has 1 aromatic heterocycles. The molecule has 8 nitrogen and oxygen atoms in total. The van der Waals surface area contributed by atoms with Crippen molar-refractivity contribution in [2.24, 2.45) is 7.05 Å². The molecular weight excluding hydrogens is 443 g/mol. The highest BCUT2D eigenvalue weighted by atomic mass is 19.2. The molecule has 0 saturated heterocycles. The van der Waals surface area contributed by atoms with E-state index in [9.17, 15) is 33.4 Å². The summed E-state index contributed by atoms with van der Waals surface area (Å²) >= 11 is 0. The Bertz CT molecular complexity index is 1280. The first-order chi connectivity index (χ1) is 15.6. The van der Waals surface area contributed by atoms with Crippen LogP contribution in [0, 0.1) is 17.5 Å². The van der Waals surface area contributed by atoms with Crippen molar-refractivity contribution in [1.29, 1.82) is 0 Å². The lowest BCUT2D eigenvalue weighted by molar-refractivity contribution is -0.137. The molecule has 4 N–H and O–H groups in total. The van der Waals surface area contributed by atoms with E-state index in [-0.39, 0.29) is 11.1 Å². The van der Waals surface area contributed by atoms with E-state index >= 15 is 4.39 Å². The lowest BCUT2D eigenvalue weighted by Gasteiger charge is -2.21. The first kappa shape index (κ1) is 23.4. The predicted molar refractivity (Wildman–Crippen MR) is 112 cm³/mol. The standard InChI is InChI=1S/C22H18F3N3O5/c1-28-8-7-15(29)20(21(28)32)27-22(33)26-14(10-16(30)31)17-18(24)12(9-13(23)19(17)25)11-5-3-2-4-6-11/h2-9,14,29H,10H2,1H3,(H,30,31)(H2,26,27,33). The molecule has 0 aliphatic heterocycles. The molecule has 3 rings (SSSR count). The predicted octanol–water partition coefficient (Wildman–Crippen LogP) is 3.51. The van der Waals surface area contributed by atoms with Crippen LogP contribution in [-0.2, 0) is 11.8 Å². The van der Waals surface area contributed by atoms with Gasteiger partial charge in [-0.15, -0.1) is 0 Å². The van der Waals surface area contributed by atoms with E-state index < -0.39 is 64.5 Å².